The van der Waals surface area contributed by atoms with E-state index in [2.05, 4.69) is 16.0 Å². The first-order valence-electron chi connectivity index (χ1n) is 6.01. The maximum atomic E-state index is 8.91. The van der Waals surface area contributed by atoms with E-state index in [9.17, 15) is 0 Å². The second-order valence-corrected chi connectivity index (χ2v) is 4.84. The summed E-state index contributed by atoms with van der Waals surface area (Å²) in [5, 5.41) is 9.70. The van der Waals surface area contributed by atoms with Crippen molar-refractivity contribution in [3.63, 3.8) is 0 Å². The van der Waals surface area contributed by atoms with Crippen LogP contribution in [0.2, 0.25) is 5.02 Å². The average Bonchev–Trinajstić information content (AvgIpc) is 2.66. The Morgan fingerprint density at radius 2 is 2.11 bits per heavy atom. The number of nitrogens with zero attached hydrogens (tertiary/aromatic N) is 1. The molecule has 96 valence electrons. The van der Waals surface area contributed by atoms with Crippen molar-refractivity contribution in [3.8, 4) is 0 Å². The molecule has 0 aliphatic rings. The molecule has 0 amide bonds. The van der Waals surface area contributed by atoms with Gasteiger partial charge in [-0.05, 0) is 31.0 Å². The summed E-state index contributed by atoms with van der Waals surface area (Å²) in [5.74, 6) is 0.838. The number of nitrogens with one attached hydrogen (secondary N) is 1. The smallest absolute Gasteiger partial charge is 0.108 e. The predicted octanol–water partition coefficient (Wildman–Crippen LogP) is 2.81. The quantitative estimate of drug-likeness (QED) is 0.892. The number of aromatic nitrogens is 2. The maximum Gasteiger partial charge on any atom is 0.108 e. The summed E-state index contributed by atoms with van der Waals surface area (Å²) < 4.78 is 0. The summed E-state index contributed by atoms with van der Waals surface area (Å²) >= 11 is 6.11. The lowest BCUT2D eigenvalue weighted by Gasteiger charge is -2.06. The van der Waals surface area contributed by atoms with E-state index < -0.39 is 0 Å². The molecule has 4 heteroatoms. The molecule has 0 aliphatic carbocycles. The molecule has 18 heavy (non-hydrogen) atoms. The SMILES string of the molecule is Cc1[nH]c(CCO)nc1Cc1cccc(Cl)c1C. The summed E-state index contributed by atoms with van der Waals surface area (Å²) in [4.78, 5) is 7.70. The Morgan fingerprint density at radius 3 is 2.83 bits per heavy atom. The van der Waals surface area contributed by atoms with Gasteiger partial charge < -0.3 is 10.1 Å². The Balaban J connectivity index is 2.25. The standard InChI is InChI=1S/C14H17ClN2O/c1-9-11(4-3-5-12(9)15)8-13-10(2)16-14(17-13)6-7-18/h3-5,18H,6-8H2,1-2H3,(H,16,17). The second-order valence-electron chi connectivity index (χ2n) is 4.43. The highest BCUT2D eigenvalue weighted by molar-refractivity contribution is 6.31. The summed E-state index contributed by atoms with van der Waals surface area (Å²) in [7, 11) is 0. The summed E-state index contributed by atoms with van der Waals surface area (Å²) in [6.45, 7) is 4.14. The minimum atomic E-state index is 0.114. The number of imidazole rings is 1. The first-order chi connectivity index (χ1) is 8.61. The van der Waals surface area contributed by atoms with Crippen LogP contribution in [0.4, 0.5) is 0 Å². The zero-order chi connectivity index (χ0) is 13.1. The lowest BCUT2D eigenvalue weighted by Crippen LogP contribution is -1.96. The monoisotopic (exact) mass is 264 g/mol. The third-order valence-electron chi connectivity index (χ3n) is 3.12. The van der Waals surface area contributed by atoms with Gasteiger partial charge in [-0.25, -0.2) is 4.98 Å². The van der Waals surface area contributed by atoms with Crippen molar-refractivity contribution >= 4 is 11.6 Å². The zero-order valence-electron chi connectivity index (χ0n) is 10.6. The van der Waals surface area contributed by atoms with Gasteiger partial charge >= 0.3 is 0 Å². The van der Waals surface area contributed by atoms with Crippen LogP contribution in [0.15, 0.2) is 18.2 Å². The first kappa shape index (κ1) is 13.1. The molecule has 0 fully saturated rings. The summed E-state index contributed by atoms with van der Waals surface area (Å²) in [5.41, 5.74) is 4.36. The zero-order valence-corrected chi connectivity index (χ0v) is 11.4. The van der Waals surface area contributed by atoms with Gasteiger partial charge in [0, 0.05) is 23.6 Å². The molecule has 0 saturated heterocycles. The Hall–Kier alpha value is -1.32. The molecule has 1 aromatic carbocycles. The van der Waals surface area contributed by atoms with Gasteiger partial charge in [0.05, 0.1) is 12.3 Å². The lowest BCUT2D eigenvalue weighted by molar-refractivity contribution is 0.297. The molecule has 2 N–H and O–H groups in total. The van der Waals surface area contributed by atoms with Gasteiger partial charge in [-0.3, -0.25) is 0 Å². The number of hydrogen-bond donors (Lipinski definition) is 2. The fourth-order valence-corrected chi connectivity index (χ4v) is 2.18. The highest BCUT2D eigenvalue weighted by atomic mass is 35.5. The van der Waals surface area contributed by atoms with E-state index in [1.807, 2.05) is 26.0 Å². The van der Waals surface area contributed by atoms with Crippen molar-refractivity contribution < 1.29 is 5.11 Å². The normalized spacial score (nSPS) is 10.9. The first-order valence-corrected chi connectivity index (χ1v) is 6.39. The Morgan fingerprint density at radius 1 is 1.33 bits per heavy atom. The summed E-state index contributed by atoms with van der Waals surface area (Å²) in [6.07, 6.45) is 1.33. The van der Waals surface area contributed by atoms with Gasteiger partial charge in [-0.1, -0.05) is 23.7 Å². The van der Waals surface area contributed by atoms with E-state index >= 15 is 0 Å². The molecular formula is C14H17ClN2O. The van der Waals surface area contributed by atoms with Crippen LogP contribution in [-0.2, 0) is 12.8 Å². The molecule has 0 aliphatic heterocycles. The molecule has 1 heterocycles. The fraction of sp³-hybridized carbons (Fsp3) is 0.357. The highest BCUT2D eigenvalue weighted by Gasteiger charge is 2.09. The second kappa shape index (κ2) is 5.55. The van der Waals surface area contributed by atoms with Crippen molar-refractivity contribution in [1.29, 1.82) is 0 Å². The Kier molecular flexibility index (Phi) is 4.04. The number of aliphatic hydroxyl groups excluding tert-OH is 1. The van der Waals surface area contributed by atoms with Crippen LogP contribution in [0.1, 0.15) is 28.3 Å². The molecule has 0 atom stereocenters. The molecule has 0 unspecified atom stereocenters. The molecule has 0 spiro atoms. The van der Waals surface area contributed by atoms with Crippen molar-refractivity contribution in [3.05, 3.63) is 51.6 Å². The number of benzene rings is 1. The van der Waals surface area contributed by atoms with Gasteiger partial charge in [-0.2, -0.15) is 0 Å². The molecule has 0 radical (unpaired) electrons. The van der Waals surface area contributed by atoms with Gasteiger partial charge in [-0.15, -0.1) is 0 Å². The number of hydrogen-bond acceptors (Lipinski definition) is 2. The molecule has 0 bridgehead atoms. The van der Waals surface area contributed by atoms with Crippen LogP contribution in [0.5, 0.6) is 0 Å². The third kappa shape index (κ3) is 2.74. The van der Waals surface area contributed by atoms with E-state index in [4.69, 9.17) is 16.7 Å². The Labute approximate surface area is 112 Å². The van der Waals surface area contributed by atoms with E-state index in [1.54, 1.807) is 0 Å². The number of aromatic amines is 1. The predicted molar refractivity (Wildman–Crippen MR) is 73.1 cm³/mol. The Bertz CT molecular complexity index is 549. The lowest BCUT2D eigenvalue weighted by atomic mass is 10.0. The highest BCUT2D eigenvalue weighted by Crippen LogP contribution is 2.21. The van der Waals surface area contributed by atoms with Crippen molar-refractivity contribution in [2.75, 3.05) is 6.61 Å². The van der Waals surface area contributed by atoms with Crippen LogP contribution >= 0.6 is 11.6 Å². The van der Waals surface area contributed by atoms with E-state index in [0.29, 0.717) is 6.42 Å². The molecule has 1 aromatic heterocycles. The average molecular weight is 265 g/mol. The van der Waals surface area contributed by atoms with Gasteiger partial charge in [0.1, 0.15) is 5.82 Å². The largest absolute Gasteiger partial charge is 0.396 e. The molecule has 2 rings (SSSR count). The van der Waals surface area contributed by atoms with Crippen molar-refractivity contribution in [2.45, 2.75) is 26.7 Å². The number of halogens is 1. The van der Waals surface area contributed by atoms with Crippen molar-refractivity contribution in [2.24, 2.45) is 0 Å². The van der Waals surface area contributed by atoms with E-state index in [1.165, 1.54) is 5.56 Å². The molecule has 2 aromatic rings. The number of aliphatic hydroxyl groups is 1. The van der Waals surface area contributed by atoms with Crippen LogP contribution in [0, 0.1) is 13.8 Å². The fourth-order valence-electron chi connectivity index (χ4n) is 1.98. The van der Waals surface area contributed by atoms with Crippen LogP contribution in [0.25, 0.3) is 0 Å². The number of rotatable bonds is 4. The molecular weight excluding hydrogens is 248 g/mol. The van der Waals surface area contributed by atoms with Gasteiger partial charge in [0.15, 0.2) is 0 Å². The van der Waals surface area contributed by atoms with E-state index in [0.717, 1.165) is 34.2 Å². The number of aryl methyl sites for hydroxylation is 1. The third-order valence-corrected chi connectivity index (χ3v) is 3.53. The van der Waals surface area contributed by atoms with Gasteiger partial charge in [0.2, 0.25) is 0 Å². The van der Waals surface area contributed by atoms with Crippen LogP contribution in [-0.4, -0.2) is 21.7 Å². The molecule has 3 nitrogen and oxygen atoms in total. The van der Waals surface area contributed by atoms with Gasteiger partial charge in [0.25, 0.3) is 0 Å². The molecule has 0 saturated carbocycles. The number of H-pyrrole nitrogens is 1. The van der Waals surface area contributed by atoms with Crippen LogP contribution in [0.3, 0.4) is 0 Å². The van der Waals surface area contributed by atoms with E-state index in [-0.39, 0.29) is 6.61 Å². The van der Waals surface area contributed by atoms with Crippen molar-refractivity contribution in [1.82, 2.24) is 9.97 Å². The minimum Gasteiger partial charge on any atom is -0.396 e. The minimum absolute atomic E-state index is 0.114. The summed E-state index contributed by atoms with van der Waals surface area (Å²) in [6, 6.07) is 5.93. The topological polar surface area (TPSA) is 48.9 Å². The maximum absolute atomic E-state index is 8.91. The van der Waals surface area contributed by atoms with Crippen LogP contribution < -0.4 is 0 Å².